The number of carbonyl (C=O) groups excluding carboxylic acids is 2. The predicted molar refractivity (Wildman–Crippen MR) is 63.6 cm³/mol. The summed E-state index contributed by atoms with van der Waals surface area (Å²) in [5.41, 5.74) is -0.955. The van der Waals surface area contributed by atoms with Crippen molar-refractivity contribution >= 4 is 11.8 Å². The first-order chi connectivity index (χ1) is 8.06. The highest BCUT2D eigenvalue weighted by atomic mass is 16.5. The highest BCUT2D eigenvalue weighted by molar-refractivity contribution is 6.04. The van der Waals surface area contributed by atoms with Crippen LogP contribution in [0.15, 0.2) is 0 Å². The minimum Gasteiger partial charge on any atom is -0.465 e. The van der Waals surface area contributed by atoms with Gasteiger partial charge in [0.25, 0.3) is 0 Å². The van der Waals surface area contributed by atoms with Gasteiger partial charge in [0, 0.05) is 13.5 Å². The molecular weight excluding hydrogens is 220 g/mol. The maximum atomic E-state index is 12.1. The second kappa shape index (κ2) is 6.15. The number of Topliss-reactive ketones (excluding diaryl/α,β-unsaturated/α-hetero) is 1. The van der Waals surface area contributed by atoms with Gasteiger partial charge in [-0.3, -0.25) is 9.59 Å². The topological polar surface area (TPSA) is 52.6 Å². The molecule has 17 heavy (non-hydrogen) atoms. The fourth-order valence-electron chi connectivity index (χ4n) is 2.45. The van der Waals surface area contributed by atoms with E-state index in [2.05, 4.69) is 0 Å². The van der Waals surface area contributed by atoms with Gasteiger partial charge in [-0.2, -0.15) is 0 Å². The third-order valence-corrected chi connectivity index (χ3v) is 3.50. The number of esters is 1. The van der Waals surface area contributed by atoms with Crippen LogP contribution in [0, 0.1) is 5.41 Å². The van der Waals surface area contributed by atoms with Crippen LogP contribution in [0.25, 0.3) is 0 Å². The van der Waals surface area contributed by atoms with Crippen molar-refractivity contribution in [3.8, 4) is 0 Å². The molecule has 0 saturated heterocycles. The van der Waals surface area contributed by atoms with Gasteiger partial charge in [-0.05, 0) is 33.1 Å². The Morgan fingerprint density at radius 1 is 1.47 bits per heavy atom. The van der Waals surface area contributed by atoms with Crippen LogP contribution in [0.5, 0.6) is 0 Å². The lowest BCUT2D eigenvalue weighted by Crippen LogP contribution is -2.45. The van der Waals surface area contributed by atoms with Crippen LogP contribution >= 0.6 is 0 Å². The summed E-state index contributed by atoms with van der Waals surface area (Å²) in [4.78, 5) is 24.2. The van der Waals surface area contributed by atoms with Crippen LogP contribution < -0.4 is 0 Å². The molecule has 0 spiro atoms. The first-order valence-corrected chi connectivity index (χ1v) is 6.30. The molecule has 4 nitrogen and oxygen atoms in total. The molecule has 0 aliphatic heterocycles. The maximum absolute atomic E-state index is 12.1. The van der Waals surface area contributed by atoms with Gasteiger partial charge in [-0.1, -0.05) is 6.42 Å². The molecule has 1 saturated carbocycles. The van der Waals surface area contributed by atoms with Gasteiger partial charge in [0.1, 0.15) is 11.2 Å². The molecule has 1 rings (SSSR count). The second-order valence-corrected chi connectivity index (χ2v) is 4.68. The molecule has 4 heteroatoms. The Bertz CT molecular complexity index is 287. The average Bonchev–Trinajstić information content (AvgIpc) is 2.32. The standard InChI is InChI=1S/C13H22O4/c1-4-17-12(15)13(9-10(2)16-3)8-6-5-7-11(13)14/h10H,4-9H2,1-3H3. The van der Waals surface area contributed by atoms with Crippen LogP contribution in [0.1, 0.15) is 46.0 Å². The summed E-state index contributed by atoms with van der Waals surface area (Å²) in [6, 6.07) is 0. The zero-order valence-corrected chi connectivity index (χ0v) is 11.0. The molecule has 0 aromatic carbocycles. The van der Waals surface area contributed by atoms with Gasteiger partial charge in [0.15, 0.2) is 0 Å². The molecule has 2 atom stereocenters. The van der Waals surface area contributed by atoms with Gasteiger partial charge < -0.3 is 9.47 Å². The monoisotopic (exact) mass is 242 g/mol. The minimum atomic E-state index is -0.955. The van der Waals surface area contributed by atoms with Gasteiger partial charge in [0.2, 0.25) is 0 Å². The summed E-state index contributed by atoms with van der Waals surface area (Å²) in [6.07, 6.45) is 3.18. The van der Waals surface area contributed by atoms with Crippen LogP contribution in [0.4, 0.5) is 0 Å². The summed E-state index contributed by atoms with van der Waals surface area (Å²) in [5.74, 6) is -0.347. The quantitative estimate of drug-likeness (QED) is 0.547. The van der Waals surface area contributed by atoms with Crippen molar-refractivity contribution in [3.63, 3.8) is 0 Å². The fraction of sp³-hybridized carbons (Fsp3) is 0.846. The Hall–Kier alpha value is -0.900. The number of methoxy groups -OCH3 is 1. The molecule has 0 N–H and O–H groups in total. The van der Waals surface area contributed by atoms with Gasteiger partial charge in [0.05, 0.1) is 12.7 Å². The van der Waals surface area contributed by atoms with E-state index in [1.54, 1.807) is 14.0 Å². The highest BCUT2D eigenvalue weighted by Gasteiger charge is 2.48. The highest BCUT2D eigenvalue weighted by Crippen LogP contribution is 2.39. The van der Waals surface area contributed by atoms with E-state index in [4.69, 9.17) is 9.47 Å². The largest absolute Gasteiger partial charge is 0.465 e. The van der Waals surface area contributed by atoms with E-state index in [0.717, 1.165) is 12.8 Å². The Labute approximate surface area is 103 Å². The summed E-state index contributed by atoms with van der Waals surface area (Å²) >= 11 is 0. The number of ketones is 1. The summed E-state index contributed by atoms with van der Waals surface area (Å²) in [5, 5.41) is 0. The van der Waals surface area contributed by atoms with Crippen molar-refractivity contribution in [1.29, 1.82) is 0 Å². The van der Waals surface area contributed by atoms with E-state index in [-0.39, 0.29) is 17.9 Å². The van der Waals surface area contributed by atoms with Gasteiger partial charge in [-0.25, -0.2) is 0 Å². The van der Waals surface area contributed by atoms with Crippen LogP contribution in [0.3, 0.4) is 0 Å². The second-order valence-electron chi connectivity index (χ2n) is 4.68. The van der Waals surface area contributed by atoms with Gasteiger partial charge in [-0.15, -0.1) is 0 Å². The van der Waals surface area contributed by atoms with Gasteiger partial charge >= 0.3 is 5.97 Å². The van der Waals surface area contributed by atoms with Crippen LogP contribution in [-0.2, 0) is 19.1 Å². The van der Waals surface area contributed by atoms with Crippen molar-refractivity contribution in [2.75, 3.05) is 13.7 Å². The smallest absolute Gasteiger partial charge is 0.319 e. The van der Waals surface area contributed by atoms with Crippen molar-refractivity contribution in [2.24, 2.45) is 5.41 Å². The van der Waals surface area contributed by atoms with E-state index in [9.17, 15) is 9.59 Å². The van der Waals surface area contributed by atoms with Crippen LogP contribution in [-0.4, -0.2) is 31.6 Å². The molecule has 1 aliphatic rings. The number of ether oxygens (including phenoxy) is 2. The molecule has 0 aromatic rings. The predicted octanol–water partition coefficient (Wildman–Crippen LogP) is 2.10. The van der Waals surface area contributed by atoms with Crippen molar-refractivity contribution in [3.05, 3.63) is 0 Å². The molecule has 0 heterocycles. The van der Waals surface area contributed by atoms with Crippen molar-refractivity contribution in [1.82, 2.24) is 0 Å². The Balaban J connectivity index is 2.89. The number of carbonyl (C=O) groups is 2. The normalized spacial score (nSPS) is 26.6. The minimum absolute atomic E-state index is 0.0195. The molecular formula is C13H22O4. The fourth-order valence-corrected chi connectivity index (χ4v) is 2.45. The lowest BCUT2D eigenvalue weighted by Gasteiger charge is -2.34. The number of rotatable bonds is 5. The van der Waals surface area contributed by atoms with E-state index < -0.39 is 5.41 Å². The number of hydrogen-bond donors (Lipinski definition) is 0. The molecule has 0 radical (unpaired) electrons. The van der Waals surface area contributed by atoms with Crippen LogP contribution in [0.2, 0.25) is 0 Å². The average molecular weight is 242 g/mol. The number of hydrogen-bond acceptors (Lipinski definition) is 4. The molecule has 0 amide bonds. The first-order valence-electron chi connectivity index (χ1n) is 6.30. The van der Waals surface area contributed by atoms with Crippen molar-refractivity contribution in [2.45, 2.75) is 52.1 Å². The third-order valence-electron chi connectivity index (χ3n) is 3.50. The summed E-state index contributed by atoms with van der Waals surface area (Å²) in [6.45, 7) is 3.96. The Morgan fingerprint density at radius 2 is 2.18 bits per heavy atom. The molecule has 1 aliphatic carbocycles. The zero-order chi connectivity index (χ0) is 12.9. The maximum Gasteiger partial charge on any atom is 0.319 e. The lowest BCUT2D eigenvalue weighted by atomic mass is 9.69. The molecule has 0 bridgehead atoms. The summed E-state index contributed by atoms with van der Waals surface area (Å²) < 4.78 is 10.3. The molecule has 1 fully saturated rings. The zero-order valence-electron chi connectivity index (χ0n) is 11.0. The Kier molecular flexibility index (Phi) is 5.12. The SMILES string of the molecule is CCOC(=O)C1(CC(C)OC)CCCCC1=O. The lowest BCUT2D eigenvalue weighted by molar-refractivity contribution is -0.164. The molecule has 0 aromatic heterocycles. The Morgan fingerprint density at radius 3 is 2.71 bits per heavy atom. The summed E-state index contributed by atoms with van der Waals surface area (Å²) in [7, 11) is 1.59. The molecule has 2 unspecified atom stereocenters. The third kappa shape index (κ3) is 3.06. The van der Waals surface area contributed by atoms with E-state index in [1.165, 1.54) is 0 Å². The molecule has 98 valence electrons. The first kappa shape index (κ1) is 14.2. The van der Waals surface area contributed by atoms with E-state index in [0.29, 0.717) is 25.9 Å². The van der Waals surface area contributed by atoms with E-state index >= 15 is 0 Å². The van der Waals surface area contributed by atoms with E-state index in [1.807, 2.05) is 6.92 Å². The van der Waals surface area contributed by atoms with Crippen molar-refractivity contribution < 1.29 is 19.1 Å².